The molecule has 0 aliphatic heterocycles. The van der Waals surface area contributed by atoms with Gasteiger partial charge < -0.3 is 9.72 Å². The van der Waals surface area contributed by atoms with Gasteiger partial charge in [0.1, 0.15) is 5.75 Å². The highest BCUT2D eigenvalue weighted by atomic mass is 19.4. The van der Waals surface area contributed by atoms with Crippen LogP contribution in [0.15, 0.2) is 42.6 Å². The van der Waals surface area contributed by atoms with Crippen molar-refractivity contribution in [3.05, 3.63) is 59.3 Å². The summed E-state index contributed by atoms with van der Waals surface area (Å²) in [5.41, 5.74) is -1.31. The van der Waals surface area contributed by atoms with E-state index in [-0.39, 0.29) is 5.75 Å². The minimum atomic E-state index is -4.99. The molecule has 2 aromatic carbocycles. The number of halogens is 6. The van der Waals surface area contributed by atoms with Crippen LogP contribution in [0.1, 0.15) is 30.5 Å². The number of nitrogens with one attached hydrogen (secondary N) is 1. The van der Waals surface area contributed by atoms with Crippen molar-refractivity contribution in [3.8, 4) is 11.5 Å². The van der Waals surface area contributed by atoms with Gasteiger partial charge in [0.15, 0.2) is 5.75 Å². The van der Waals surface area contributed by atoms with Crippen molar-refractivity contribution in [2.45, 2.75) is 32.6 Å². The fraction of sp³-hybridized carbons (Fsp3) is 0.300. The summed E-state index contributed by atoms with van der Waals surface area (Å²) < 4.78 is 84.8. The van der Waals surface area contributed by atoms with E-state index < -0.39 is 29.2 Å². The summed E-state index contributed by atoms with van der Waals surface area (Å²) in [6.45, 7) is 4.02. The Morgan fingerprint density at radius 1 is 0.929 bits per heavy atom. The van der Waals surface area contributed by atoms with Gasteiger partial charge in [-0.1, -0.05) is 19.9 Å². The molecule has 1 heterocycles. The second kappa shape index (κ2) is 7.07. The largest absolute Gasteiger partial charge is 0.456 e. The van der Waals surface area contributed by atoms with E-state index in [4.69, 9.17) is 4.74 Å². The Morgan fingerprint density at radius 2 is 1.54 bits per heavy atom. The molecule has 1 N–H and O–H groups in total. The lowest BCUT2D eigenvalue weighted by molar-refractivity contribution is -0.144. The number of fused-ring (bicyclic) bond motifs is 1. The third-order valence-electron chi connectivity index (χ3n) is 4.21. The maximum Gasteiger partial charge on any atom is 0.420 e. The van der Waals surface area contributed by atoms with E-state index in [0.29, 0.717) is 35.9 Å². The number of benzene rings is 2. The van der Waals surface area contributed by atoms with Gasteiger partial charge in [-0.2, -0.15) is 26.3 Å². The predicted octanol–water partition coefficient (Wildman–Crippen LogP) is 7.20. The van der Waals surface area contributed by atoms with Gasteiger partial charge in [-0.05, 0) is 48.2 Å². The third-order valence-corrected chi connectivity index (χ3v) is 4.21. The van der Waals surface area contributed by atoms with Gasteiger partial charge in [0.05, 0.1) is 11.1 Å². The maximum absolute atomic E-state index is 13.3. The minimum absolute atomic E-state index is 0.0979. The number of hydrogen-bond acceptors (Lipinski definition) is 1. The Bertz CT molecular complexity index is 952. The second-order valence-corrected chi connectivity index (χ2v) is 6.90. The number of ether oxygens (including phenoxy) is 1. The molecule has 0 saturated carbocycles. The van der Waals surface area contributed by atoms with Gasteiger partial charge in [0.2, 0.25) is 0 Å². The lowest BCUT2D eigenvalue weighted by atomic mass is 10.0. The van der Waals surface area contributed by atoms with Crippen LogP contribution in [0.5, 0.6) is 11.5 Å². The highest BCUT2D eigenvalue weighted by molar-refractivity contribution is 5.84. The zero-order valence-corrected chi connectivity index (χ0v) is 15.0. The van der Waals surface area contributed by atoms with Crippen LogP contribution in [0.3, 0.4) is 0 Å². The Morgan fingerprint density at radius 3 is 2.07 bits per heavy atom. The number of rotatable bonds is 4. The first-order chi connectivity index (χ1) is 13.0. The molecular formula is C20H17F6NO. The molecule has 0 fully saturated rings. The SMILES string of the molecule is CC(C)Cc1c[nH]c2ccc(Oc3c(C(F)(F)F)cccc3C(F)(F)F)cc12. The number of aromatic amines is 1. The predicted molar refractivity (Wildman–Crippen MR) is 93.4 cm³/mol. The van der Waals surface area contributed by atoms with Crippen LogP contribution in [0.2, 0.25) is 0 Å². The molecule has 0 unspecified atom stereocenters. The molecule has 2 nitrogen and oxygen atoms in total. The number of hydrogen-bond donors (Lipinski definition) is 1. The van der Waals surface area contributed by atoms with Crippen molar-refractivity contribution in [1.29, 1.82) is 0 Å². The van der Waals surface area contributed by atoms with Gasteiger partial charge in [-0.3, -0.25) is 0 Å². The molecule has 3 rings (SSSR count). The Hall–Kier alpha value is -2.64. The molecule has 1 aromatic heterocycles. The smallest absolute Gasteiger partial charge is 0.420 e. The van der Waals surface area contributed by atoms with Gasteiger partial charge in [0, 0.05) is 17.1 Å². The maximum atomic E-state index is 13.3. The molecule has 0 saturated heterocycles. The molecule has 0 amide bonds. The third kappa shape index (κ3) is 4.10. The van der Waals surface area contributed by atoms with Crippen molar-refractivity contribution >= 4 is 10.9 Å². The first-order valence-corrected chi connectivity index (χ1v) is 8.52. The van der Waals surface area contributed by atoms with Gasteiger partial charge in [-0.25, -0.2) is 0 Å². The summed E-state index contributed by atoms with van der Waals surface area (Å²) in [5.74, 6) is -1.02. The van der Waals surface area contributed by atoms with Crippen molar-refractivity contribution in [2.24, 2.45) is 5.92 Å². The monoisotopic (exact) mass is 401 g/mol. The molecule has 3 aromatic rings. The molecule has 8 heteroatoms. The zero-order chi connectivity index (χ0) is 20.7. The second-order valence-electron chi connectivity index (χ2n) is 6.90. The molecule has 0 radical (unpaired) electrons. The molecular weight excluding hydrogens is 384 g/mol. The molecule has 28 heavy (non-hydrogen) atoms. The summed E-state index contributed by atoms with van der Waals surface area (Å²) in [5, 5.41) is 0.698. The average molecular weight is 401 g/mol. The van der Waals surface area contributed by atoms with Gasteiger partial charge in [0.25, 0.3) is 0 Å². The Labute approximate surface area is 157 Å². The van der Waals surface area contributed by atoms with Crippen LogP contribution in [0.25, 0.3) is 10.9 Å². The van der Waals surface area contributed by atoms with E-state index in [0.717, 1.165) is 11.1 Å². The standard InChI is InChI=1S/C20H17F6NO/c1-11(2)8-12-10-27-17-7-6-13(9-14(12)17)28-18-15(19(21,22)23)4-3-5-16(18)20(24,25)26/h3-7,9-11,27H,8H2,1-2H3. The lowest BCUT2D eigenvalue weighted by Crippen LogP contribution is -2.13. The fourth-order valence-electron chi connectivity index (χ4n) is 3.04. The first-order valence-electron chi connectivity index (χ1n) is 8.52. The van der Waals surface area contributed by atoms with Crippen LogP contribution < -0.4 is 4.74 Å². The van der Waals surface area contributed by atoms with E-state index in [2.05, 4.69) is 4.98 Å². The molecule has 0 atom stereocenters. The molecule has 0 aliphatic carbocycles. The van der Waals surface area contributed by atoms with Crippen LogP contribution in [-0.4, -0.2) is 4.98 Å². The fourth-order valence-corrected chi connectivity index (χ4v) is 3.04. The summed E-state index contributed by atoms with van der Waals surface area (Å²) in [6.07, 6.45) is -7.50. The van der Waals surface area contributed by atoms with Crippen LogP contribution in [-0.2, 0) is 18.8 Å². The topological polar surface area (TPSA) is 25.0 Å². The van der Waals surface area contributed by atoms with Gasteiger partial charge >= 0.3 is 12.4 Å². The van der Waals surface area contributed by atoms with Crippen molar-refractivity contribution < 1.29 is 31.1 Å². The number of aromatic nitrogens is 1. The normalized spacial score (nSPS) is 12.8. The molecule has 150 valence electrons. The van der Waals surface area contributed by atoms with E-state index in [9.17, 15) is 26.3 Å². The highest BCUT2D eigenvalue weighted by Crippen LogP contribution is 2.45. The average Bonchev–Trinajstić information content (AvgIpc) is 2.95. The molecule has 0 bridgehead atoms. The zero-order valence-electron chi connectivity index (χ0n) is 15.0. The van der Waals surface area contributed by atoms with Crippen molar-refractivity contribution in [2.75, 3.05) is 0 Å². The quantitative estimate of drug-likeness (QED) is 0.460. The lowest BCUT2D eigenvalue weighted by Gasteiger charge is -2.19. The summed E-state index contributed by atoms with van der Waals surface area (Å²) in [4.78, 5) is 3.04. The van der Waals surface area contributed by atoms with E-state index in [1.807, 2.05) is 13.8 Å². The number of H-pyrrole nitrogens is 1. The molecule has 0 aliphatic rings. The number of alkyl halides is 6. The van der Waals surface area contributed by atoms with E-state index in [1.54, 1.807) is 12.3 Å². The highest BCUT2D eigenvalue weighted by Gasteiger charge is 2.42. The van der Waals surface area contributed by atoms with Crippen LogP contribution in [0, 0.1) is 5.92 Å². The van der Waals surface area contributed by atoms with Gasteiger partial charge in [-0.15, -0.1) is 0 Å². The summed E-state index contributed by atoms with van der Waals surface area (Å²) in [6, 6.07) is 6.22. The molecule has 0 spiro atoms. The Kier molecular flexibility index (Phi) is 5.08. The van der Waals surface area contributed by atoms with Crippen LogP contribution >= 0.6 is 0 Å². The minimum Gasteiger partial charge on any atom is -0.456 e. The first kappa shape index (κ1) is 20.1. The Balaban J connectivity index is 2.10. The number of para-hydroxylation sites is 1. The van der Waals surface area contributed by atoms with E-state index >= 15 is 0 Å². The van der Waals surface area contributed by atoms with Crippen molar-refractivity contribution in [1.82, 2.24) is 4.98 Å². The van der Waals surface area contributed by atoms with Crippen molar-refractivity contribution in [3.63, 3.8) is 0 Å². The van der Waals surface area contributed by atoms with E-state index in [1.165, 1.54) is 12.1 Å². The summed E-state index contributed by atoms with van der Waals surface area (Å²) >= 11 is 0. The summed E-state index contributed by atoms with van der Waals surface area (Å²) in [7, 11) is 0. The van der Waals surface area contributed by atoms with Crippen LogP contribution in [0.4, 0.5) is 26.3 Å².